The minimum absolute atomic E-state index is 0.0391. The third-order valence-electron chi connectivity index (χ3n) is 5.65. The maximum Gasteiger partial charge on any atom is 0.247 e. The van der Waals surface area contributed by atoms with Crippen molar-refractivity contribution >= 4 is 12.0 Å². The number of rotatable bonds is 3. The molecule has 6 heteroatoms. The predicted molar refractivity (Wildman–Crippen MR) is 107 cm³/mol. The molecule has 2 aliphatic heterocycles. The Morgan fingerprint density at radius 1 is 1.18 bits per heavy atom. The highest BCUT2D eigenvalue weighted by atomic mass is 16.5. The monoisotopic (exact) mass is 381 g/mol. The number of amides is 1. The summed E-state index contributed by atoms with van der Waals surface area (Å²) in [6, 6.07) is 6.14. The van der Waals surface area contributed by atoms with E-state index in [0.29, 0.717) is 13.2 Å². The fraction of sp³-hybridized carbons (Fsp3) is 0.455. The van der Waals surface area contributed by atoms with Crippen molar-refractivity contribution in [3.05, 3.63) is 46.8 Å². The predicted octanol–water partition coefficient (Wildman–Crippen LogP) is 3.58. The Kier molecular flexibility index (Phi) is 5.11. The lowest BCUT2D eigenvalue weighted by Gasteiger charge is -2.24. The normalized spacial score (nSPS) is 19.2. The fourth-order valence-corrected chi connectivity index (χ4v) is 4.05. The van der Waals surface area contributed by atoms with E-state index in [9.17, 15) is 4.79 Å². The average molecular weight is 381 g/mol. The summed E-state index contributed by atoms with van der Waals surface area (Å²) in [6.45, 7) is 6.09. The summed E-state index contributed by atoms with van der Waals surface area (Å²) in [5, 5.41) is 4.41. The van der Waals surface area contributed by atoms with Crippen molar-refractivity contribution in [2.24, 2.45) is 7.05 Å². The van der Waals surface area contributed by atoms with Gasteiger partial charge in [0.05, 0.1) is 24.9 Å². The number of carbonyl (C=O) groups excluding carboxylic acids is 1. The Balaban J connectivity index is 1.54. The standard InChI is InChI=1S/C22H27N3O3/c1-15-18(16(2)24(3)23-15)8-10-22(26)25-11-4-6-19(25)17-7-9-20-21(14-17)28-13-5-12-27-20/h7-10,14,19H,4-6,11-13H2,1-3H3/b10-8+. The molecule has 0 aliphatic carbocycles. The number of aryl methyl sites for hydroxylation is 2. The van der Waals surface area contributed by atoms with Crippen LogP contribution in [-0.4, -0.2) is 40.3 Å². The van der Waals surface area contributed by atoms with E-state index < -0.39 is 0 Å². The molecule has 1 fully saturated rings. The van der Waals surface area contributed by atoms with Crippen molar-refractivity contribution in [3.63, 3.8) is 0 Å². The zero-order chi connectivity index (χ0) is 19.7. The van der Waals surface area contributed by atoms with Crippen molar-refractivity contribution in [2.75, 3.05) is 19.8 Å². The second-order valence-electron chi connectivity index (χ2n) is 7.49. The van der Waals surface area contributed by atoms with Gasteiger partial charge >= 0.3 is 0 Å². The van der Waals surface area contributed by atoms with E-state index in [-0.39, 0.29) is 11.9 Å². The van der Waals surface area contributed by atoms with E-state index in [4.69, 9.17) is 9.47 Å². The quantitative estimate of drug-likeness (QED) is 0.763. The van der Waals surface area contributed by atoms with Gasteiger partial charge in [0.2, 0.25) is 5.91 Å². The topological polar surface area (TPSA) is 56.6 Å². The summed E-state index contributed by atoms with van der Waals surface area (Å²) in [5.74, 6) is 1.61. The van der Waals surface area contributed by atoms with Crippen LogP contribution in [0.25, 0.3) is 6.08 Å². The van der Waals surface area contributed by atoms with Crippen LogP contribution in [-0.2, 0) is 11.8 Å². The van der Waals surface area contributed by atoms with Crippen LogP contribution in [0.3, 0.4) is 0 Å². The van der Waals surface area contributed by atoms with Gasteiger partial charge in [0.15, 0.2) is 11.5 Å². The first kappa shape index (κ1) is 18.6. The highest BCUT2D eigenvalue weighted by Crippen LogP contribution is 2.38. The number of aromatic nitrogens is 2. The summed E-state index contributed by atoms with van der Waals surface area (Å²) in [7, 11) is 1.92. The lowest BCUT2D eigenvalue weighted by molar-refractivity contribution is -0.126. The second kappa shape index (κ2) is 7.70. The molecule has 6 nitrogen and oxygen atoms in total. The Bertz CT molecular complexity index is 916. The number of hydrogen-bond donors (Lipinski definition) is 0. The van der Waals surface area contributed by atoms with Gasteiger partial charge < -0.3 is 14.4 Å². The Morgan fingerprint density at radius 2 is 1.96 bits per heavy atom. The van der Waals surface area contributed by atoms with Gasteiger partial charge in [0, 0.05) is 37.3 Å². The van der Waals surface area contributed by atoms with Crippen LogP contribution in [0, 0.1) is 13.8 Å². The van der Waals surface area contributed by atoms with Crippen molar-refractivity contribution in [1.29, 1.82) is 0 Å². The number of likely N-dealkylation sites (tertiary alicyclic amines) is 1. The molecular weight excluding hydrogens is 354 g/mol. The van der Waals surface area contributed by atoms with Gasteiger partial charge in [-0.15, -0.1) is 0 Å². The van der Waals surface area contributed by atoms with Crippen LogP contribution in [0.5, 0.6) is 11.5 Å². The number of fused-ring (bicyclic) bond motifs is 1. The average Bonchev–Trinajstić information content (AvgIpc) is 3.17. The molecule has 3 heterocycles. The number of hydrogen-bond acceptors (Lipinski definition) is 4. The van der Waals surface area contributed by atoms with E-state index in [1.807, 2.05) is 48.7 Å². The van der Waals surface area contributed by atoms with E-state index in [2.05, 4.69) is 11.2 Å². The molecule has 0 saturated carbocycles. The van der Waals surface area contributed by atoms with Crippen molar-refractivity contribution in [3.8, 4) is 11.5 Å². The maximum atomic E-state index is 12.9. The Morgan fingerprint density at radius 3 is 2.71 bits per heavy atom. The minimum atomic E-state index is 0.0391. The molecule has 2 aliphatic rings. The summed E-state index contributed by atoms with van der Waals surface area (Å²) in [6.07, 6.45) is 6.42. The fourth-order valence-electron chi connectivity index (χ4n) is 4.05. The molecule has 0 N–H and O–H groups in total. The number of ether oxygens (including phenoxy) is 2. The molecule has 1 aromatic heterocycles. The van der Waals surface area contributed by atoms with Crippen LogP contribution in [0.2, 0.25) is 0 Å². The molecule has 1 saturated heterocycles. The van der Waals surface area contributed by atoms with Crippen molar-refractivity contribution < 1.29 is 14.3 Å². The molecule has 1 aromatic carbocycles. The lowest BCUT2D eigenvalue weighted by atomic mass is 10.0. The van der Waals surface area contributed by atoms with E-state index in [0.717, 1.165) is 59.8 Å². The van der Waals surface area contributed by atoms with Crippen LogP contribution in [0.1, 0.15) is 47.8 Å². The van der Waals surface area contributed by atoms with Crippen molar-refractivity contribution in [2.45, 2.75) is 39.2 Å². The largest absolute Gasteiger partial charge is 0.490 e. The van der Waals surface area contributed by atoms with Gasteiger partial charge in [-0.05, 0) is 50.5 Å². The van der Waals surface area contributed by atoms with E-state index in [1.165, 1.54) is 0 Å². The first-order chi connectivity index (χ1) is 13.5. The molecule has 1 unspecified atom stereocenters. The summed E-state index contributed by atoms with van der Waals surface area (Å²) in [5.41, 5.74) is 4.12. The highest BCUT2D eigenvalue weighted by molar-refractivity contribution is 5.92. The molecule has 2 aromatic rings. The van der Waals surface area contributed by atoms with Crippen LogP contribution < -0.4 is 9.47 Å². The molecule has 148 valence electrons. The third kappa shape index (κ3) is 3.51. The summed E-state index contributed by atoms with van der Waals surface area (Å²) >= 11 is 0. The van der Waals surface area contributed by atoms with Crippen LogP contribution in [0.4, 0.5) is 0 Å². The van der Waals surface area contributed by atoms with Gasteiger partial charge in [0.1, 0.15) is 0 Å². The number of benzene rings is 1. The smallest absolute Gasteiger partial charge is 0.247 e. The summed E-state index contributed by atoms with van der Waals surface area (Å²) < 4.78 is 13.4. The molecule has 4 rings (SSSR count). The molecular formula is C22H27N3O3. The number of nitrogens with zero attached hydrogens (tertiary/aromatic N) is 3. The highest BCUT2D eigenvalue weighted by Gasteiger charge is 2.29. The maximum absolute atomic E-state index is 12.9. The van der Waals surface area contributed by atoms with Gasteiger partial charge in [-0.1, -0.05) is 6.07 Å². The second-order valence-corrected chi connectivity index (χ2v) is 7.49. The van der Waals surface area contributed by atoms with Crippen LogP contribution >= 0.6 is 0 Å². The van der Waals surface area contributed by atoms with E-state index >= 15 is 0 Å². The molecule has 28 heavy (non-hydrogen) atoms. The zero-order valence-electron chi connectivity index (χ0n) is 16.8. The molecule has 1 amide bonds. The zero-order valence-corrected chi connectivity index (χ0v) is 16.8. The van der Waals surface area contributed by atoms with Crippen LogP contribution in [0.15, 0.2) is 24.3 Å². The molecule has 1 atom stereocenters. The first-order valence-corrected chi connectivity index (χ1v) is 9.93. The van der Waals surface area contributed by atoms with Gasteiger partial charge in [-0.2, -0.15) is 5.10 Å². The Labute approximate surface area is 165 Å². The lowest BCUT2D eigenvalue weighted by Crippen LogP contribution is -2.28. The van der Waals surface area contributed by atoms with Gasteiger partial charge in [-0.3, -0.25) is 9.48 Å². The van der Waals surface area contributed by atoms with E-state index in [1.54, 1.807) is 6.08 Å². The van der Waals surface area contributed by atoms with Crippen molar-refractivity contribution in [1.82, 2.24) is 14.7 Å². The minimum Gasteiger partial charge on any atom is -0.490 e. The number of carbonyl (C=O) groups is 1. The molecule has 0 spiro atoms. The third-order valence-corrected chi connectivity index (χ3v) is 5.65. The first-order valence-electron chi connectivity index (χ1n) is 9.93. The van der Waals surface area contributed by atoms with Gasteiger partial charge in [-0.25, -0.2) is 0 Å². The Hall–Kier alpha value is -2.76. The molecule has 0 bridgehead atoms. The SMILES string of the molecule is Cc1nn(C)c(C)c1/C=C/C(=O)N1CCCC1c1ccc2c(c1)OCCCO2. The van der Waals surface area contributed by atoms with Gasteiger partial charge in [0.25, 0.3) is 0 Å². The summed E-state index contributed by atoms with van der Waals surface area (Å²) in [4.78, 5) is 14.9. The molecule has 0 radical (unpaired) electrons.